The fourth-order valence-corrected chi connectivity index (χ4v) is 5.26. The van der Waals surface area contributed by atoms with Crippen LogP contribution in [0.1, 0.15) is 62.9 Å². The minimum absolute atomic E-state index is 0.00616. The zero-order valence-electron chi connectivity index (χ0n) is 23.0. The maximum absolute atomic E-state index is 14.8. The largest absolute Gasteiger partial charge is 0.376 e. The number of benzene rings is 1. The molecule has 4 rings (SSSR count). The highest BCUT2D eigenvalue weighted by atomic mass is 19.1. The molecule has 2 aliphatic rings. The third-order valence-electron chi connectivity index (χ3n) is 7.38. The Bertz CT molecular complexity index is 1150. The molecule has 0 radical (unpaired) electrons. The molecule has 3 heterocycles. The zero-order chi connectivity index (χ0) is 28.1. The van der Waals surface area contributed by atoms with Gasteiger partial charge in [-0.25, -0.2) is 19.8 Å². The van der Waals surface area contributed by atoms with Crippen molar-refractivity contribution in [2.75, 3.05) is 26.2 Å². The Kier molecular flexibility index (Phi) is 9.49. The Labute approximate surface area is 228 Å². The molecule has 4 atom stereocenters. The van der Waals surface area contributed by atoms with Gasteiger partial charge in [0.2, 0.25) is 11.9 Å². The molecular weight excluding hydrogens is 504 g/mol. The molecule has 0 bridgehead atoms. The number of halogens is 2. The minimum atomic E-state index is -1.27. The van der Waals surface area contributed by atoms with Gasteiger partial charge in [0.1, 0.15) is 18.9 Å². The van der Waals surface area contributed by atoms with Gasteiger partial charge in [-0.15, -0.1) is 0 Å². The number of nitrogens with zero attached hydrogens (tertiary/aromatic N) is 4. The van der Waals surface area contributed by atoms with Gasteiger partial charge in [-0.1, -0.05) is 55.8 Å². The topological polar surface area (TPSA) is 101 Å². The number of amides is 1. The summed E-state index contributed by atoms with van der Waals surface area (Å²) < 4.78 is 29.5. The summed E-state index contributed by atoms with van der Waals surface area (Å²) in [6.45, 7) is 9.30. The molecular formula is C28H40F2N7O2+. The van der Waals surface area contributed by atoms with Crippen LogP contribution >= 0.6 is 0 Å². The molecule has 1 unspecified atom stereocenters. The number of rotatable bonds is 11. The smallest absolute Gasteiger partial charge is 0.244 e. The summed E-state index contributed by atoms with van der Waals surface area (Å²) >= 11 is 0. The first-order valence-corrected chi connectivity index (χ1v) is 13.6. The van der Waals surface area contributed by atoms with Gasteiger partial charge < -0.3 is 14.9 Å². The molecule has 1 aromatic carbocycles. The van der Waals surface area contributed by atoms with Crippen LogP contribution in [0.25, 0.3) is 0 Å². The molecule has 0 saturated carbocycles. The molecule has 11 heteroatoms. The van der Waals surface area contributed by atoms with Crippen LogP contribution in [0.3, 0.4) is 0 Å². The van der Waals surface area contributed by atoms with E-state index < -0.39 is 30.4 Å². The summed E-state index contributed by atoms with van der Waals surface area (Å²) in [6, 6.07) is 11.2. The van der Waals surface area contributed by atoms with Crippen molar-refractivity contribution >= 4 is 5.91 Å². The van der Waals surface area contributed by atoms with Crippen molar-refractivity contribution in [2.45, 2.75) is 64.5 Å². The number of hydrogen-bond donors (Lipinski definition) is 4. The molecule has 0 spiro atoms. The third-order valence-corrected chi connectivity index (χ3v) is 7.38. The van der Waals surface area contributed by atoms with E-state index in [2.05, 4.69) is 20.7 Å². The highest BCUT2D eigenvalue weighted by molar-refractivity contribution is 5.79. The lowest BCUT2D eigenvalue weighted by Gasteiger charge is -2.33. The Morgan fingerprint density at radius 2 is 1.95 bits per heavy atom. The molecule has 212 valence electrons. The molecule has 1 saturated heterocycles. The maximum atomic E-state index is 14.8. The van der Waals surface area contributed by atoms with Gasteiger partial charge in [-0.05, 0) is 31.4 Å². The van der Waals surface area contributed by atoms with Crippen LogP contribution in [0.4, 0.5) is 8.78 Å². The number of likely N-dealkylation sites (tertiary alicyclic amines) is 1. The number of quaternary nitrogens is 1. The van der Waals surface area contributed by atoms with Crippen molar-refractivity contribution in [3.63, 3.8) is 0 Å². The van der Waals surface area contributed by atoms with Crippen LogP contribution in [0.2, 0.25) is 0 Å². The van der Waals surface area contributed by atoms with E-state index in [1.807, 2.05) is 64.2 Å². The van der Waals surface area contributed by atoms with Crippen LogP contribution in [-0.4, -0.2) is 75.4 Å². The van der Waals surface area contributed by atoms with E-state index in [1.165, 1.54) is 4.90 Å². The quantitative estimate of drug-likeness (QED) is 0.194. The van der Waals surface area contributed by atoms with Crippen LogP contribution in [0.15, 0.2) is 54.5 Å². The van der Waals surface area contributed by atoms with E-state index in [0.29, 0.717) is 11.3 Å². The number of hydrazine groups is 1. The number of aliphatic hydroxyl groups excluding tert-OH is 1. The van der Waals surface area contributed by atoms with Crippen molar-refractivity contribution in [3.8, 4) is 0 Å². The first-order chi connectivity index (χ1) is 18.7. The standard InChI is InChI=1S/C28H39F2N7O2/c1-5-35(6-2)24-15-31-34-37(24)17-25(38)36-16-20(29)14-23(36)28(39)33-26(19-10-8-7-9-11-19)22-13-12-21(18(3)4)27(30)32-22/h7-13,15,18,20,23,26,28,31,33-34,39H,5-6,14,16-17H2,1-4H3/p+1/t20-,23+,26+,28?/m1/s1. The van der Waals surface area contributed by atoms with Crippen LogP contribution < -0.4 is 16.3 Å². The average molecular weight is 545 g/mol. The van der Waals surface area contributed by atoms with E-state index in [-0.39, 0.29) is 31.3 Å². The summed E-state index contributed by atoms with van der Waals surface area (Å²) in [5, 5.41) is 16.2. The van der Waals surface area contributed by atoms with E-state index >= 15 is 0 Å². The molecule has 2 aromatic rings. The number of alkyl halides is 1. The molecule has 2 aliphatic heterocycles. The summed E-state index contributed by atoms with van der Waals surface area (Å²) in [7, 11) is 0. The van der Waals surface area contributed by atoms with Gasteiger partial charge in [0.15, 0.2) is 12.0 Å². The van der Waals surface area contributed by atoms with E-state index in [9.17, 15) is 18.7 Å². The molecule has 1 fully saturated rings. The van der Waals surface area contributed by atoms with Crippen molar-refractivity contribution in [3.05, 3.63) is 77.3 Å². The van der Waals surface area contributed by atoms with E-state index in [0.717, 1.165) is 24.5 Å². The summed E-state index contributed by atoms with van der Waals surface area (Å²) in [4.78, 5) is 21.1. The third kappa shape index (κ3) is 6.55. The highest BCUT2D eigenvalue weighted by Gasteiger charge is 2.41. The summed E-state index contributed by atoms with van der Waals surface area (Å²) in [5.41, 5.74) is 6.49. The predicted octanol–water partition coefficient (Wildman–Crippen LogP) is 1.72. The Morgan fingerprint density at radius 1 is 1.23 bits per heavy atom. The fraction of sp³-hybridized carbons (Fsp3) is 0.500. The summed E-state index contributed by atoms with van der Waals surface area (Å²) in [5.74, 6) is -0.0296. The molecule has 39 heavy (non-hydrogen) atoms. The monoisotopic (exact) mass is 544 g/mol. The lowest BCUT2D eigenvalue weighted by Crippen LogP contribution is -2.87. The van der Waals surface area contributed by atoms with Crippen molar-refractivity contribution < 1.29 is 24.1 Å². The first-order valence-electron chi connectivity index (χ1n) is 13.6. The molecule has 9 nitrogen and oxygen atoms in total. The second kappa shape index (κ2) is 12.8. The van der Waals surface area contributed by atoms with Gasteiger partial charge in [0.25, 0.3) is 0 Å². The first kappa shape index (κ1) is 28.9. The maximum Gasteiger partial charge on any atom is 0.244 e. The second-order valence-corrected chi connectivity index (χ2v) is 10.3. The predicted molar refractivity (Wildman–Crippen MR) is 143 cm³/mol. The molecule has 5 N–H and O–H groups in total. The number of pyridine rings is 1. The molecule has 1 amide bonds. The van der Waals surface area contributed by atoms with E-state index in [1.54, 1.807) is 22.6 Å². The number of aliphatic hydroxyl groups is 1. The van der Waals surface area contributed by atoms with Crippen molar-refractivity contribution in [1.82, 2.24) is 30.6 Å². The lowest BCUT2D eigenvalue weighted by atomic mass is 9.99. The van der Waals surface area contributed by atoms with Crippen molar-refractivity contribution in [2.24, 2.45) is 0 Å². The molecule has 1 aromatic heterocycles. The fourth-order valence-electron chi connectivity index (χ4n) is 5.26. The van der Waals surface area contributed by atoms with Crippen molar-refractivity contribution in [1.29, 1.82) is 0 Å². The number of carbonyl (C=O) groups is 1. The van der Waals surface area contributed by atoms with Gasteiger partial charge in [0, 0.05) is 25.1 Å². The minimum Gasteiger partial charge on any atom is -0.376 e. The normalized spacial score (nSPS) is 20.9. The van der Waals surface area contributed by atoms with Crippen LogP contribution in [0.5, 0.6) is 0 Å². The summed E-state index contributed by atoms with van der Waals surface area (Å²) in [6.07, 6.45) is -0.641. The van der Waals surface area contributed by atoms with E-state index in [4.69, 9.17) is 0 Å². The SMILES string of the molecule is CCN(CC)C1=C[NH2+]NN1CC(=O)N1C[C@H](F)C[C@H]1C(O)N[C@@H](c1ccccc1)c1ccc(C(C)C)c(F)n1. The van der Waals surface area contributed by atoms with Gasteiger partial charge in [-0.3, -0.25) is 10.1 Å². The molecule has 0 aliphatic carbocycles. The van der Waals surface area contributed by atoms with Crippen LogP contribution in [-0.2, 0) is 4.79 Å². The zero-order valence-corrected chi connectivity index (χ0v) is 23.0. The Hall–Kier alpha value is -3.12. The Morgan fingerprint density at radius 3 is 2.59 bits per heavy atom. The second-order valence-electron chi connectivity index (χ2n) is 10.3. The lowest BCUT2D eigenvalue weighted by molar-refractivity contribution is -0.660. The highest BCUT2D eigenvalue weighted by Crippen LogP contribution is 2.28. The van der Waals surface area contributed by atoms with Gasteiger partial charge >= 0.3 is 0 Å². The van der Waals surface area contributed by atoms with Crippen LogP contribution in [0, 0.1) is 5.95 Å². The number of nitrogens with one attached hydrogen (secondary N) is 2. The number of aromatic nitrogens is 1. The number of hydrogen-bond acceptors (Lipinski definition) is 7. The number of carbonyl (C=O) groups excluding carboxylic acids is 1. The number of nitrogens with two attached hydrogens (primary N) is 1. The van der Waals surface area contributed by atoms with Gasteiger partial charge in [0.05, 0.1) is 24.3 Å². The Balaban J connectivity index is 1.53. The average Bonchev–Trinajstić information content (AvgIpc) is 3.54. The van der Waals surface area contributed by atoms with Gasteiger partial charge in [-0.2, -0.15) is 4.39 Å².